The molecule has 1 aliphatic rings. The first-order chi connectivity index (χ1) is 7.72. The van der Waals surface area contributed by atoms with E-state index in [0.717, 1.165) is 32.4 Å². The van der Waals surface area contributed by atoms with Crippen LogP contribution in [0.5, 0.6) is 0 Å². The summed E-state index contributed by atoms with van der Waals surface area (Å²) in [6.45, 7) is 5.01. The Morgan fingerprint density at radius 1 is 1.50 bits per heavy atom. The zero-order chi connectivity index (χ0) is 11.8. The van der Waals surface area contributed by atoms with Crippen molar-refractivity contribution < 1.29 is 9.90 Å². The van der Waals surface area contributed by atoms with Gasteiger partial charge in [0.15, 0.2) is 0 Å². The number of amides is 1. The lowest BCUT2D eigenvalue weighted by Crippen LogP contribution is -2.34. The van der Waals surface area contributed by atoms with Crippen molar-refractivity contribution >= 4 is 5.91 Å². The van der Waals surface area contributed by atoms with Crippen molar-refractivity contribution in [2.75, 3.05) is 26.2 Å². The molecule has 0 spiro atoms. The highest BCUT2D eigenvalue weighted by Crippen LogP contribution is 2.15. The molecule has 0 aliphatic carbocycles. The van der Waals surface area contributed by atoms with E-state index in [4.69, 9.17) is 5.11 Å². The number of piperidine rings is 1. The minimum absolute atomic E-state index is 0.164. The summed E-state index contributed by atoms with van der Waals surface area (Å²) in [5, 5.41) is 15.0. The van der Waals surface area contributed by atoms with Crippen molar-refractivity contribution in [3.8, 4) is 0 Å². The molecule has 1 rings (SSSR count). The van der Waals surface area contributed by atoms with Crippen LogP contribution in [0.1, 0.15) is 32.6 Å². The molecule has 3 N–H and O–H groups in total. The van der Waals surface area contributed by atoms with Crippen LogP contribution < -0.4 is 10.6 Å². The second-order valence-electron chi connectivity index (χ2n) is 4.82. The van der Waals surface area contributed by atoms with E-state index < -0.39 is 0 Å². The number of rotatable bonds is 6. The number of nitrogens with one attached hydrogen (secondary N) is 2. The van der Waals surface area contributed by atoms with E-state index in [1.165, 1.54) is 0 Å². The van der Waals surface area contributed by atoms with Gasteiger partial charge in [0.25, 0.3) is 0 Å². The average molecular weight is 228 g/mol. The Balaban J connectivity index is 2.10. The molecular weight excluding hydrogens is 204 g/mol. The zero-order valence-corrected chi connectivity index (χ0v) is 10.2. The van der Waals surface area contributed by atoms with Crippen molar-refractivity contribution in [1.82, 2.24) is 10.6 Å². The molecule has 0 aromatic carbocycles. The molecule has 4 nitrogen and oxygen atoms in total. The Morgan fingerprint density at radius 3 is 2.81 bits per heavy atom. The Morgan fingerprint density at radius 2 is 2.19 bits per heavy atom. The lowest BCUT2D eigenvalue weighted by molar-refractivity contribution is -0.122. The molecule has 1 fully saturated rings. The van der Waals surface area contributed by atoms with Gasteiger partial charge >= 0.3 is 0 Å². The highest BCUT2D eigenvalue weighted by Gasteiger charge is 2.16. The standard InChI is InChI=1S/C12H24N2O2/c1-10(4-7-15)9-14-12(16)8-11-2-5-13-6-3-11/h10-11,13,15H,2-9H2,1H3,(H,14,16). The van der Waals surface area contributed by atoms with Gasteiger partial charge in [0.1, 0.15) is 0 Å². The molecule has 16 heavy (non-hydrogen) atoms. The van der Waals surface area contributed by atoms with E-state index >= 15 is 0 Å². The maximum atomic E-state index is 11.6. The van der Waals surface area contributed by atoms with Gasteiger partial charge in [-0.1, -0.05) is 6.92 Å². The van der Waals surface area contributed by atoms with Gasteiger partial charge < -0.3 is 15.7 Å². The Bertz CT molecular complexity index is 203. The molecule has 0 saturated carbocycles. The first kappa shape index (κ1) is 13.5. The maximum absolute atomic E-state index is 11.6. The van der Waals surface area contributed by atoms with Gasteiger partial charge in [0, 0.05) is 19.6 Å². The quantitative estimate of drug-likeness (QED) is 0.621. The molecule has 1 saturated heterocycles. The minimum Gasteiger partial charge on any atom is -0.396 e. The second kappa shape index (κ2) is 7.63. The molecule has 1 amide bonds. The fraction of sp³-hybridized carbons (Fsp3) is 0.917. The van der Waals surface area contributed by atoms with Crippen LogP contribution in [-0.4, -0.2) is 37.3 Å². The topological polar surface area (TPSA) is 61.4 Å². The van der Waals surface area contributed by atoms with E-state index in [1.807, 2.05) is 6.92 Å². The van der Waals surface area contributed by atoms with Crippen molar-refractivity contribution in [2.24, 2.45) is 11.8 Å². The van der Waals surface area contributed by atoms with Gasteiger partial charge in [-0.3, -0.25) is 4.79 Å². The average Bonchev–Trinajstić information content (AvgIpc) is 2.28. The van der Waals surface area contributed by atoms with E-state index in [1.54, 1.807) is 0 Å². The van der Waals surface area contributed by atoms with Crippen LogP contribution in [0.2, 0.25) is 0 Å². The summed E-state index contributed by atoms with van der Waals surface area (Å²) in [6, 6.07) is 0. The van der Waals surface area contributed by atoms with Crippen LogP contribution in [0.4, 0.5) is 0 Å². The summed E-state index contributed by atoms with van der Waals surface area (Å²) in [5.41, 5.74) is 0. The van der Waals surface area contributed by atoms with Crippen LogP contribution in [0.15, 0.2) is 0 Å². The van der Waals surface area contributed by atoms with E-state index in [9.17, 15) is 4.79 Å². The van der Waals surface area contributed by atoms with Gasteiger partial charge in [-0.05, 0) is 44.2 Å². The van der Waals surface area contributed by atoms with E-state index in [2.05, 4.69) is 10.6 Å². The summed E-state index contributed by atoms with van der Waals surface area (Å²) in [7, 11) is 0. The van der Waals surface area contributed by atoms with Crippen LogP contribution in [0, 0.1) is 11.8 Å². The number of aliphatic hydroxyl groups excluding tert-OH is 1. The second-order valence-corrected chi connectivity index (χ2v) is 4.82. The molecule has 1 heterocycles. The van der Waals surface area contributed by atoms with Gasteiger partial charge in [-0.15, -0.1) is 0 Å². The summed E-state index contributed by atoms with van der Waals surface area (Å²) in [6.07, 6.45) is 3.64. The maximum Gasteiger partial charge on any atom is 0.220 e. The monoisotopic (exact) mass is 228 g/mol. The largest absolute Gasteiger partial charge is 0.396 e. The van der Waals surface area contributed by atoms with Crippen molar-refractivity contribution in [3.05, 3.63) is 0 Å². The van der Waals surface area contributed by atoms with Crippen molar-refractivity contribution in [2.45, 2.75) is 32.6 Å². The Kier molecular flexibility index (Phi) is 6.42. The fourth-order valence-corrected chi connectivity index (χ4v) is 2.03. The highest BCUT2D eigenvalue weighted by molar-refractivity contribution is 5.76. The predicted octanol–water partition coefficient (Wildman–Crippen LogP) is 0.511. The number of hydrogen-bond donors (Lipinski definition) is 3. The summed E-state index contributed by atoms with van der Waals surface area (Å²) < 4.78 is 0. The smallest absolute Gasteiger partial charge is 0.220 e. The third-order valence-electron chi connectivity index (χ3n) is 3.20. The molecule has 0 aromatic rings. The van der Waals surface area contributed by atoms with Crippen molar-refractivity contribution in [3.63, 3.8) is 0 Å². The zero-order valence-electron chi connectivity index (χ0n) is 10.2. The van der Waals surface area contributed by atoms with Gasteiger partial charge in [-0.2, -0.15) is 0 Å². The third-order valence-corrected chi connectivity index (χ3v) is 3.20. The van der Waals surface area contributed by atoms with Crippen LogP contribution >= 0.6 is 0 Å². The highest BCUT2D eigenvalue weighted by atomic mass is 16.3. The predicted molar refractivity (Wildman–Crippen MR) is 64.1 cm³/mol. The first-order valence-electron chi connectivity index (χ1n) is 6.30. The number of aliphatic hydroxyl groups is 1. The molecular formula is C12H24N2O2. The molecule has 4 heteroatoms. The van der Waals surface area contributed by atoms with Crippen LogP contribution in [0.3, 0.4) is 0 Å². The number of carbonyl (C=O) groups excluding carboxylic acids is 1. The number of hydrogen-bond acceptors (Lipinski definition) is 3. The lowest BCUT2D eigenvalue weighted by atomic mass is 9.94. The van der Waals surface area contributed by atoms with E-state index in [-0.39, 0.29) is 12.5 Å². The Labute approximate surface area is 97.8 Å². The summed E-state index contributed by atoms with van der Waals surface area (Å²) in [4.78, 5) is 11.6. The van der Waals surface area contributed by atoms with Crippen molar-refractivity contribution in [1.29, 1.82) is 0 Å². The van der Waals surface area contributed by atoms with Crippen LogP contribution in [0.25, 0.3) is 0 Å². The molecule has 0 aromatic heterocycles. The van der Waals surface area contributed by atoms with E-state index in [0.29, 0.717) is 24.8 Å². The van der Waals surface area contributed by atoms with Gasteiger partial charge in [0.05, 0.1) is 0 Å². The van der Waals surface area contributed by atoms with Gasteiger partial charge in [-0.25, -0.2) is 0 Å². The minimum atomic E-state index is 0.164. The Hall–Kier alpha value is -0.610. The SMILES string of the molecule is CC(CCO)CNC(=O)CC1CCNCC1. The molecule has 1 aliphatic heterocycles. The third kappa shape index (κ3) is 5.47. The molecule has 1 unspecified atom stereocenters. The van der Waals surface area contributed by atoms with Gasteiger partial charge in [0.2, 0.25) is 5.91 Å². The molecule has 1 atom stereocenters. The lowest BCUT2D eigenvalue weighted by Gasteiger charge is -2.22. The molecule has 0 bridgehead atoms. The fourth-order valence-electron chi connectivity index (χ4n) is 2.03. The molecule has 0 radical (unpaired) electrons. The first-order valence-corrected chi connectivity index (χ1v) is 6.30. The summed E-state index contributed by atoms with van der Waals surface area (Å²) in [5.74, 6) is 1.08. The van der Waals surface area contributed by atoms with Crippen LogP contribution in [-0.2, 0) is 4.79 Å². The summed E-state index contributed by atoms with van der Waals surface area (Å²) >= 11 is 0. The molecule has 94 valence electrons. The number of carbonyl (C=O) groups is 1. The normalized spacial score (nSPS) is 19.4.